The first-order chi connectivity index (χ1) is 9.36. The average molecular weight is 271 g/mol. The maximum Gasteiger partial charge on any atom is 0.222 e. The fourth-order valence-corrected chi connectivity index (χ4v) is 2.56. The molecule has 0 amide bonds. The van der Waals surface area contributed by atoms with Crippen LogP contribution in [0.25, 0.3) is 10.8 Å². The Kier molecular flexibility index (Phi) is 3.44. The van der Waals surface area contributed by atoms with E-state index in [-0.39, 0.29) is 6.61 Å². The van der Waals surface area contributed by atoms with E-state index >= 15 is 0 Å². The fraction of sp³-hybridized carbons (Fsp3) is 0.133. The Hall–Kier alpha value is -1.91. The second-order valence-electron chi connectivity index (χ2n) is 4.17. The van der Waals surface area contributed by atoms with Crippen molar-refractivity contribution < 1.29 is 9.84 Å². The molecular weight excluding hydrogens is 258 g/mol. The van der Waals surface area contributed by atoms with Crippen LogP contribution < -0.4 is 4.74 Å². The Balaban J connectivity index is 1.96. The Bertz CT molecular complexity index is 680. The number of pyridine rings is 1. The summed E-state index contributed by atoms with van der Waals surface area (Å²) in [5, 5.41) is 13.3. The van der Waals surface area contributed by atoms with Gasteiger partial charge in [-0.1, -0.05) is 24.3 Å². The van der Waals surface area contributed by atoms with Crippen molar-refractivity contribution in [1.82, 2.24) is 4.98 Å². The summed E-state index contributed by atoms with van der Waals surface area (Å²) in [6, 6.07) is 13.8. The zero-order chi connectivity index (χ0) is 13.1. The highest BCUT2D eigenvalue weighted by molar-refractivity contribution is 7.09. The topological polar surface area (TPSA) is 42.4 Å². The molecule has 0 aliphatic carbocycles. The summed E-state index contributed by atoms with van der Waals surface area (Å²) in [6.45, 7) is 0.420. The van der Waals surface area contributed by atoms with E-state index in [2.05, 4.69) is 4.98 Å². The van der Waals surface area contributed by atoms with Crippen molar-refractivity contribution in [3.05, 3.63) is 58.4 Å². The second kappa shape index (κ2) is 5.38. The lowest BCUT2D eigenvalue weighted by molar-refractivity contribution is 0.268. The molecule has 0 aliphatic rings. The van der Waals surface area contributed by atoms with Crippen molar-refractivity contribution in [2.24, 2.45) is 0 Å². The Morgan fingerprint density at radius 1 is 1.16 bits per heavy atom. The van der Waals surface area contributed by atoms with Crippen LogP contribution in [0.2, 0.25) is 0 Å². The van der Waals surface area contributed by atoms with Gasteiger partial charge in [0.15, 0.2) is 0 Å². The lowest BCUT2D eigenvalue weighted by Crippen LogP contribution is -1.99. The smallest absolute Gasteiger partial charge is 0.222 e. The second-order valence-corrected chi connectivity index (χ2v) is 5.20. The minimum Gasteiger partial charge on any atom is -0.471 e. The number of aliphatic hydroxyl groups excluding tert-OH is 1. The van der Waals surface area contributed by atoms with Crippen LogP contribution in [0.5, 0.6) is 5.88 Å². The van der Waals surface area contributed by atoms with E-state index in [1.165, 1.54) is 0 Å². The minimum atomic E-state index is -0.0831. The van der Waals surface area contributed by atoms with Crippen LogP contribution >= 0.6 is 11.3 Å². The quantitative estimate of drug-likeness (QED) is 0.791. The van der Waals surface area contributed by atoms with Crippen molar-refractivity contribution in [3.8, 4) is 5.88 Å². The molecule has 3 aromatic rings. The largest absolute Gasteiger partial charge is 0.471 e. The molecule has 19 heavy (non-hydrogen) atoms. The molecule has 4 heteroatoms. The van der Waals surface area contributed by atoms with E-state index in [1.807, 2.05) is 47.8 Å². The van der Waals surface area contributed by atoms with Gasteiger partial charge in [0.1, 0.15) is 6.61 Å². The molecule has 0 atom stereocenters. The number of aliphatic hydroxyl groups is 1. The number of hydrogen-bond acceptors (Lipinski definition) is 4. The molecule has 96 valence electrons. The average Bonchev–Trinajstić information content (AvgIpc) is 2.97. The van der Waals surface area contributed by atoms with Gasteiger partial charge < -0.3 is 9.84 Å². The van der Waals surface area contributed by atoms with Gasteiger partial charge in [0.2, 0.25) is 5.88 Å². The van der Waals surface area contributed by atoms with Crippen molar-refractivity contribution in [3.63, 3.8) is 0 Å². The lowest BCUT2D eigenvalue weighted by atomic mass is 10.1. The molecule has 0 saturated heterocycles. The van der Waals surface area contributed by atoms with Crippen LogP contribution in [0.15, 0.2) is 47.8 Å². The predicted molar refractivity (Wildman–Crippen MR) is 76.3 cm³/mol. The highest BCUT2D eigenvalue weighted by atomic mass is 32.1. The molecular formula is C15H13NO2S. The minimum absolute atomic E-state index is 0.0831. The van der Waals surface area contributed by atoms with Crippen molar-refractivity contribution >= 4 is 22.1 Å². The predicted octanol–water partition coefficient (Wildman–Crippen LogP) is 3.37. The molecule has 0 fully saturated rings. The molecule has 0 unspecified atom stereocenters. The van der Waals surface area contributed by atoms with Crippen molar-refractivity contribution in [2.45, 2.75) is 13.2 Å². The van der Waals surface area contributed by atoms with Crippen LogP contribution in [0.1, 0.15) is 10.6 Å². The van der Waals surface area contributed by atoms with Crippen LogP contribution in [-0.2, 0) is 13.2 Å². The summed E-state index contributed by atoms with van der Waals surface area (Å²) >= 11 is 1.66. The molecule has 2 aromatic heterocycles. The first-order valence-electron chi connectivity index (χ1n) is 6.01. The van der Waals surface area contributed by atoms with Crippen LogP contribution in [0.3, 0.4) is 0 Å². The molecule has 0 spiro atoms. The summed E-state index contributed by atoms with van der Waals surface area (Å²) in [5.74, 6) is 0.579. The van der Waals surface area contributed by atoms with Gasteiger partial charge in [0, 0.05) is 10.3 Å². The summed E-state index contributed by atoms with van der Waals surface area (Å²) in [7, 11) is 0. The first-order valence-corrected chi connectivity index (χ1v) is 6.89. The molecule has 0 aliphatic heterocycles. The van der Waals surface area contributed by atoms with Gasteiger partial charge in [-0.15, -0.1) is 11.3 Å². The fourth-order valence-electron chi connectivity index (χ4n) is 1.95. The zero-order valence-electron chi connectivity index (χ0n) is 10.2. The Morgan fingerprint density at radius 3 is 2.84 bits per heavy atom. The molecule has 2 heterocycles. The maximum atomic E-state index is 9.26. The monoisotopic (exact) mass is 271 g/mol. The normalized spacial score (nSPS) is 10.8. The number of rotatable bonds is 4. The van der Waals surface area contributed by atoms with Crippen molar-refractivity contribution in [2.75, 3.05) is 0 Å². The van der Waals surface area contributed by atoms with E-state index in [4.69, 9.17) is 4.74 Å². The van der Waals surface area contributed by atoms with Gasteiger partial charge in [-0.3, -0.25) is 0 Å². The van der Waals surface area contributed by atoms with Crippen molar-refractivity contribution in [1.29, 1.82) is 0 Å². The third kappa shape index (κ3) is 2.59. The number of nitrogens with zero attached hydrogens (tertiary/aromatic N) is 1. The van der Waals surface area contributed by atoms with Gasteiger partial charge in [-0.25, -0.2) is 4.98 Å². The lowest BCUT2D eigenvalue weighted by Gasteiger charge is -2.09. The third-order valence-electron chi connectivity index (χ3n) is 2.85. The number of hydrogen-bond donors (Lipinski definition) is 1. The van der Waals surface area contributed by atoms with Crippen LogP contribution in [-0.4, -0.2) is 10.1 Å². The van der Waals surface area contributed by atoms with E-state index < -0.39 is 0 Å². The zero-order valence-corrected chi connectivity index (χ0v) is 11.1. The van der Waals surface area contributed by atoms with Gasteiger partial charge in [-0.2, -0.15) is 0 Å². The SMILES string of the molecule is OCc1cc2ccccc2c(OCc2cccs2)n1. The summed E-state index contributed by atoms with van der Waals surface area (Å²) < 4.78 is 5.79. The molecule has 3 rings (SSSR count). The summed E-state index contributed by atoms with van der Waals surface area (Å²) in [5.41, 5.74) is 0.625. The molecule has 1 N–H and O–H groups in total. The van der Waals surface area contributed by atoms with Gasteiger partial charge in [0.05, 0.1) is 12.3 Å². The van der Waals surface area contributed by atoms with E-state index in [0.717, 1.165) is 15.6 Å². The number of benzene rings is 1. The Labute approximate surface area is 115 Å². The highest BCUT2D eigenvalue weighted by Gasteiger charge is 2.07. The Morgan fingerprint density at radius 2 is 2.05 bits per heavy atom. The van der Waals surface area contributed by atoms with E-state index in [9.17, 15) is 5.11 Å². The van der Waals surface area contributed by atoms with Crippen LogP contribution in [0, 0.1) is 0 Å². The molecule has 0 saturated carbocycles. The van der Waals surface area contributed by atoms with E-state index in [1.54, 1.807) is 11.3 Å². The molecule has 3 nitrogen and oxygen atoms in total. The van der Waals surface area contributed by atoms with Gasteiger partial charge in [-0.05, 0) is 29.0 Å². The molecule has 1 aromatic carbocycles. The van der Waals surface area contributed by atoms with Crippen LogP contribution in [0.4, 0.5) is 0 Å². The van der Waals surface area contributed by atoms with E-state index in [0.29, 0.717) is 18.2 Å². The summed E-state index contributed by atoms with van der Waals surface area (Å²) in [4.78, 5) is 5.50. The standard InChI is InChI=1S/C15H13NO2S/c17-9-12-8-11-4-1-2-6-14(11)15(16-12)18-10-13-5-3-7-19-13/h1-8,17H,9-10H2. The van der Waals surface area contributed by atoms with Gasteiger partial charge >= 0.3 is 0 Å². The molecule has 0 bridgehead atoms. The number of ether oxygens (including phenoxy) is 1. The van der Waals surface area contributed by atoms with Gasteiger partial charge in [0.25, 0.3) is 0 Å². The third-order valence-corrected chi connectivity index (χ3v) is 3.70. The first kappa shape index (κ1) is 12.1. The molecule has 0 radical (unpaired) electrons. The summed E-state index contributed by atoms with van der Waals surface area (Å²) in [6.07, 6.45) is 0. The highest BCUT2D eigenvalue weighted by Crippen LogP contribution is 2.25. The number of fused-ring (bicyclic) bond motifs is 1. The number of aromatic nitrogens is 1. The maximum absolute atomic E-state index is 9.26. The number of thiophene rings is 1.